The van der Waals surface area contributed by atoms with Gasteiger partial charge in [-0.25, -0.2) is 14.2 Å². The number of hydrogen-bond acceptors (Lipinski definition) is 4. The first-order valence-electron chi connectivity index (χ1n) is 5.53. The van der Waals surface area contributed by atoms with Crippen molar-refractivity contribution < 1.29 is 19.1 Å². The van der Waals surface area contributed by atoms with Crippen molar-refractivity contribution in [1.29, 1.82) is 0 Å². The Kier molecular flexibility index (Phi) is 4.26. The van der Waals surface area contributed by atoms with Gasteiger partial charge in [-0.05, 0) is 12.1 Å². The van der Waals surface area contributed by atoms with Crippen LogP contribution in [0.5, 0.6) is 0 Å². The van der Waals surface area contributed by atoms with Crippen molar-refractivity contribution in [2.24, 2.45) is 0 Å². The number of rotatable bonds is 4. The van der Waals surface area contributed by atoms with Gasteiger partial charge in [0.05, 0.1) is 17.8 Å². The molecule has 8 heteroatoms. The summed E-state index contributed by atoms with van der Waals surface area (Å²) in [4.78, 5) is 26.1. The number of benzene rings is 1. The number of nitrogens with one attached hydrogen (secondary N) is 2. The van der Waals surface area contributed by atoms with E-state index in [4.69, 9.17) is 5.11 Å². The minimum atomic E-state index is -1.00. The average Bonchev–Trinajstić information content (AvgIpc) is 2.78. The van der Waals surface area contributed by atoms with E-state index in [0.717, 1.165) is 11.3 Å². The van der Waals surface area contributed by atoms with Gasteiger partial charge in [-0.1, -0.05) is 12.1 Å². The molecule has 0 radical (unpaired) electrons. The Hall–Kier alpha value is -2.48. The molecular formula is C12H10FN3O3S. The maximum atomic E-state index is 13.3. The van der Waals surface area contributed by atoms with E-state index in [9.17, 15) is 14.0 Å². The number of halogens is 1. The van der Waals surface area contributed by atoms with Crippen LogP contribution >= 0.6 is 11.3 Å². The van der Waals surface area contributed by atoms with Gasteiger partial charge >= 0.3 is 12.0 Å². The number of carbonyl (C=O) groups excluding carboxylic acids is 1. The summed E-state index contributed by atoms with van der Waals surface area (Å²) in [5.41, 5.74) is 0.399. The Morgan fingerprint density at radius 1 is 1.30 bits per heavy atom. The van der Waals surface area contributed by atoms with Crippen LogP contribution in [0.3, 0.4) is 0 Å². The third-order valence-corrected chi connectivity index (χ3v) is 3.03. The van der Waals surface area contributed by atoms with Crippen molar-refractivity contribution in [2.45, 2.75) is 6.42 Å². The van der Waals surface area contributed by atoms with E-state index in [1.54, 1.807) is 6.07 Å². The van der Waals surface area contributed by atoms with Crippen LogP contribution in [0.25, 0.3) is 0 Å². The first kappa shape index (κ1) is 13.9. The molecule has 3 N–H and O–H groups in total. The van der Waals surface area contributed by atoms with Crippen LogP contribution in [-0.2, 0) is 11.2 Å². The van der Waals surface area contributed by atoms with Gasteiger partial charge in [0, 0.05) is 5.38 Å². The monoisotopic (exact) mass is 295 g/mol. The first-order chi connectivity index (χ1) is 9.54. The summed E-state index contributed by atoms with van der Waals surface area (Å²) in [7, 11) is 0. The Labute approximate surface area is 117 Å². The fourth-order valence-electron chi connectivity index (χ4n) is 1.41. The minimum absolute atomic E-state index is 0.0484. The highest BCUT2D eigenvalue weighted by Crippen LogP contribution is 2.17. The number of hydrogen-bond donors (Lipinski definition) is 3. The van der Waals surface area contributed by atoms with E-state index in [0.29, 0.717) is 5.69 Å². The van der Waals surface area contributed by atoms with Gasteiger partial charge in [0.1, 0.15) is 5.82 Å². The molecule has 1 aromatic heterocycles. The lowest BCUT2D eigenvalue weighted by Gasteiger charge is -2.05. The zero-order chi connectivity index (χ0) is 14.5. The number of carbonyl (C=O) groups is 2. The standard InChI is InChI=1S/C12H10FN3O3S/c13-8-3-1-2-4-9(8)15-11(19)16-12-14-7(6-20-12)5-10(17)18/h1-4,6H,5H2,(H,17,18)(H2,14,15,16,19). The minimum Gasteiger partial charge on any atom is -0.481 e. The zero-order valence-corrected chi connectivity index (χ0v) is 10.9. The fourth-order valence-corrected chi connectivity index (χ4v) is 2.12. The second-order valence-electron chi connectivity index (χ2n) is 3.77. The van der Waals surface area contributed by atoms with Gasteiger partial charge in [-0.3, -0.25) is 10.1 Å². The Bertz CT molecular complexity index is 644. The highest BCUT2D eigenvalue weighted by atomic mass is 32.1. The molecule has 2 amide bonds. The lowest BCUT2D eigenvalue weighted by atomic mass is 10.3. The molecule has 0 atom stereocenters. The van der Waals surface area contributed by atoms with Gasteiger partial charge in [0.25, 0.3) is 0 Å². The molecule has 6 nitrogen and oxygen atoms in total. The van der Waals surface area contributed by atoms with Crippen molar-refractivity contribution in [1.82, 2.24) is 4.98 Å². The summed E-state index contributed by atoms with van der Waals surface area (Å²) in [5.74, 6) is -1.55. The molecule has 2 aromatic rings. The molecule has 0 bridgehead atoms. The number of thiazole rings is 1. The number of aromatic nitrogens is 1. The van der Waals surface area contributed by atoms with Crippen molar-refractivity contribution in [3.63, 3.8) is 0 Å². The molecule has 104 valence electrons. The fraction of sp³-hybridized carbons (Fsp3) is 0.0833. The highest BCUT2D eigenvalue weighted by Gasteiger charge is 2.10. The van der Waals surface area contributed by atoms with Gasteiger partial charge in [0.2, 0.25) is 0 Å². The molecule has 20 heavy (non-hydrogen) atoms. The first-order valence-corrected chi connectivity index (χ1v) is 6.41. The quantitative estimate of drug-likeness (QED) is 0.808. The number of nitrogens with zero attached hydrogens (tertiary/aromatic N) is 1. The molecule has 0 saturated heterocycles. The summed E-state index contributed by atoms with van der Waals surface area (Å²) in [5, 5.41) is 15.1. The van der Waals surface area contributed by atoms with E-state index in [2.05, 4.69) is 15.6 Å². The third kappa shape index (κ3) is 3.75. The number of carboxylic acids is 1. The molecule has 0 aliphatic carbocycles. The molecule has 2 rings (SSSR count). The second kappa shape index (κ2) is 6.11. The van der Waals surface area contributed by atoms with Crippen LogP contribution in [0.15, 0.2) is 29.6 Å². The Morgan fingerprint density at radius 2 is 2.05 bits per heavy atom. The molecule has 1 aromatic carbocycles. The van der Waals surface area contributed by atoms with Crippen molar-refractivity contribution >= 4 is 34.2 Å². The molecule has 0 saturated carbocycles. The van der Waals surface area contributed by atoms with Gasteiger partial charge in [0.15, 0.2) is 5.13 Å². The third-order valence-electron chi connectivity index (χ3n) is 2.23. The molecule has 0 aliphatic rings. The summed E-state index contributed by atoms with van der Waals surface area (Å²) in [6.07, 6.45) is -0.215. The molecule has 0 spiro atoms. The topological polar surface area (TPSA) is 91.3 Å². The number of anilines is 2. The zero-order valence-electron chi connectivity index (χ0n) is 10.1. The second-order valence-corrected chi connectivity index (χ2v) is 4.63. The van der Waals surface area contributed by atoms with Crippen molar-refractivity contribution in [3.8, 4) is 0 Å². The Balaban J connectivity index is 1.96. The predicted octanol–water partition coefficient (Wildman–Crippen LogP) is 2.55. The lowest BCUT2D eigenvalue weighted by molar-refractivity contribution is -0.136. The summed E-state index contributed by atoms with van der Waals surface area (Å²) >= 11 is 1.09. The number of para-hydroxylation sites is 1. The number of amides is 2. The largest absolute Gasteiger partial charge is 0.481 e. The summed E-state index contributed by atoms with van der Waals surface area (Å²) in [6.45, 7) is 0. The van der Waals surface area contributed by atoms with E-state index in [-0.39, 0.29) is 17.2 Å². The normalized spacial score (nSPS) is 10.1. The van der Waals surface area contributed by atoms with E-state index < -0.39 is 17.8 Å². The van der Waals surface area contributed by atoms with Crippen LogP contribution in [-0.4, -0.2) is 22.1 Å². The van der Waals surface area contributed by atoms with E-state index in [1.165, 1.54) is 23.6 Å². The molecule has 0 aliphatic heterocycles. The number of urea groups is 1. The maximum absolute atomic E-state index is 13.3. The van der Waals surface area contributed by atoms with E-state index >= 15 is 0 Å². The van der Waals surface area contributed by atoms with E-state index in [1.807, 2.05) is 0 Å². The smallest absolute Gasteiger partial charge is 0.325 e. The van der Waals surface area contributed by atoms with Crippen LogP contribution in [0.2, 0.25) is 0 Å². The van der Waals surface area contributed by atoms with Crippen LogP contribution in [0, 0.1) is 5.82 Å². The van der Waals surface area contributed by atoms with Crippen molar-refractivity contribution in [2.75, 3.05) is 10.6 Å². The highest BCUT2D eigenvalue weighted by molar-refractivity contribution is 7.13. The molecule has 0 fully saturated rings. The maximum Gasteiger partial charge on any atom is 0.325 e. The number of aliphatic carboxylic acids is 1. The summed E-state index contributed by atoms with van der Waals surface area (Å²) < 4.78 is 13.3. The summed E-state index contributed by atoms with van der Waals surface area (Å²) in [6, 6.07) is 5.10. The average molecular weight is 295 g/mol. The van der Waals surface area contributed by atoms with Crippen LogP contribution < -0.4 is 10.6 Å². The predicted molar refractivity (Wildman–Crippen MR) is 72.5 cm³/mol. The van der Waals surface area contributed by atoms with Crippen LogP contribution in [0.1, 0.15) is 5.69 Å². The van der Waals surface area contributed by atoms with Gasteiger partial charge < -0.3 is 10.4 Å². The Morgan fingerprint density at radius 3 is 2.75 bits per heavy atom. The van der Waals surface area contributed by atoms with Crippen molar-refractivity contribution in [3.05, 3.63) is 41.2 Å². The van der Waals surface area contributed by atoms with Gasteiger partial charge in [-0.2, -0.15) is 0 Å². The molecular weight excluding hydrogens is 285 g/mol. The van der Waals surface area contributed by atoms with Gasteiger partial charge in [-0.15, -0.1) is 11.3 Å². The number of carboxylic acid groups (broad SMARTS) is 1. The lowest BCUT2D eigenvalue weighted by Crippen LogP contribution is -2.20. The SMILES string of the molecule is O=C(O)Cc1csc(NC(=O)Nc2ccccc2F)n1. The van der Waals surface area contributed by atoms with Crippen LogP contribution in [0.4, 0.5) is 20.0 Å². The molecule has 0 unspecified atom stereocenters. The molecule has 1 heterocycles.